The molecule has 1 aliphatic heterocycles. The fraction of sp³-hybridized carbons (Fsp3) is 0.522. The van der Waals surface area contributed by atoms with E-state index in [4.69, 9.17) is 10.1 Å². The average molecular weight is 521 g/mol. The largest absolute Gasteiger partial charge is 0.593 e. The van der Waals surface area contributed by atoms with Gasteiger partial charge < -0.3 is 29.8 Å². The highest BCUT2D eigenvalue weighted by Crippen LogP contribution is 2.34. The number of benzene rings is 1. The van der Waals surface area contributed by atoms with Gasteiger partial charge in [-0.25, -0.2) is 4.98 Å². The predicted octanol–water partition coefficient (Wildman–Crippen LogP) is 2.99. The molecule has 1 fully saturated rings. The molecule has 2 aromatic rings. The molecule has 0 spiro atoms. The number of nitrogens with one attached hydrogen (secondary N) is 3. The summed E-state index contributed by atoms with van der Waals surface area (Å²) in [4.78, 5) is 35.3. The minimum absolute atomic E-state index is 0.0596. The van der Waals surface area contributed by atoms with Crippen molar-refractivity contribution in [2.45, 2.75) is 44.4 Å². The highest BCUT2D eigenvalue weighted by atomic mass is 32.2. The number of hydrogen-bond donors (Lipinski definition) is 3. The summed E-state index contributed by atoms with van der Waals surface area (Å²) in [6, 6.07) is 5.13. The molecule has 196 valence electrons. The van der Waals surface area contributed by atoms with E-state index in [0.717, 1.165) is 12.8 Å². The van der Waals surface area contributed by atoms with Crippen LogP contribution in [0.2, 0.25) is 0 Å². The van der Waals surface area contributed by atoms with Crippen LogP contribution in [0.25, 0.3) is 11.4 Å². The average Bonchev–Trinajstić information content (AvgIpc) is 2.82. The predicted molar refractivity (Wildman–Crippen MR) is 136 cm³/mol. The molecule has 1 unspecified atom stereocenters. The van der Waals surface area contributed by atoms with Gasteiger partial charge in [-0.05, 0) is 44.2 Å². The van der Waals surface area contributed by atoms with Crippen molar-refractivity contribution in [3.63, 3.8) is 0 Å². The fourth-order valence-electron chi connectivity index (χ4n) is 4.00. The van der Waals surface area contributed by atoms with Crippen molar-refractivity contribution in [1.82, 2.24) is 14.3 Å². The Kier molecular flexibility index (Phi) is 9.67. The number of H-pyrrole nitrogens is 1. The van der Waals surface area contributed by atoms with E-state index < -0.39 is 22.0 Å². The van der Waals surface area contributed by atoms with Crippen LogP contribution in [0.4, 0.5) is 5.69 Å². The maximum atomic E-state index is 13.2. The van der Waals surface area contributed by atoms with Gasteiger partial charge in [0.15, 0.2) is 4.90 Å². The number of aromatic amines is 1. The summed E-state index contributed by atoms with van der Waals surface area (Å²) >= 11 is -1.44. The summed E-state index contributed by atoms with van der Waals surface area (Å²) in [5, 5.41) is 20.7. The molecule has 1 atom stereocenters. The molecule has 2 heterocycles. The van der Waals surface area contributed by atoms with Crippen LogP contribution < -0.4 is 15.6 Å². The van der Waals surface area contributed by atoms with Gasteiger partial charge in [-0.2, -0.15) is 0 Å². The molecular weight excluding hydrogens is 488 g/mol. The molecule has 1 aromatic heterocycles. The number of anilines is 1. The zero-order chi connectivity index (χ0) is 26.2. The van der Waals surface area contributed by atoms with E-state index in [1.807, 2.05) is 18.2 Å². The molecule has 1 saturated heterocycles. The molecule has 0 aliphatic carbocycles. The van der Waals surface area contributed by atoms with Gasteiger partial charge in [0, 0.05) is 26.2 Å². The van der Waals surface area contributed by atoms with Crippen molar-refractivity contribution in [3.05, 3.63) is 44.4 Å². The van der Waals surface area contributed by atoms with Gasteiger partial charge in [0.1, 0.15) is 23.0 Å². The maximum absolute atomic E-state index is 13.2. The number of ether oxygens (including phenoxy) is 1. The molecule has 36 heavy (non-hydrogen) atoms. The maximum Gasteiger partial charge on any atom is 0.294 e. The van der Waals surface area contributed by atoms with E-state index in [9.17, 15) is 19.5 Å². The van der Waals surface area contributed by atoms with Crippen LogP contribution in [0.5, 0.6) is 5.75 Å². The summed E-state index contributed by atoms with van der Waals surface area (Å²) in [6.45, 7) is 5.46. The van der Waals surface area contributed by atoms with Gasteiger partial charge in [-0.3, -0.25) is 4.79 Å². The molecule has 0 amide bonds. The number of rotatable bonds is 14. The molecule has 0 bridgehead atoms. The summed E-state index contributed by atoms with van der Waals surface area (Å²) in [5.74, 6) is 1.02. The summed E-state index contributed by atoms with van der Waals surface area (Å²) in [5.41, 5.74) is 0.840. The number of aromatic nitrogens is 2. The number of nitrogens with zero attached hydrogens (tertiary/aromatic N) is 3. The Morgan fingerprint density at radius 2 is 2.14 bits per heavy atom. The van der Waals surface area contributed by atoms with Crippen LogP contribution in [-0.2, 0) is 16.2 Å². The van der Waals surface area contributed by atoms with E-state index in [2.05, 4.69) is 20.1 Å². The molecule has 12 nitrogen and oxygen atoms in total. The van der Waals surface area contributed by atoms with Crippen LogP contribution in [-0.4, -0.2) is 63.0 Å². The summed E-state index contributed by atoms with van der Waals surface area (Å²) < 4.78 is 20.8. The molecule has 0 saturated carbocycles. The zero-order valence-electron chi connectivity index (χ0n) is 20.7. The van der Waals surface area contributed by atoms with Crippen molar-refractivity contribution in [2.75, 3.05) is 38.7 Å². The highest BCUT2D eigenvalue weighted by Gasteiger charge is 2.36. The van der Waals surface area contributed by atoms with Gasteiger partial charge in [-0.1, -0.05) is 13.3 Å². The van der Waals surface area contributed by atoms with Crippen LogP contribution in [0.3, 0.4) is 0 Å². The topological polar surface area (TPSA) is 170 Å². The second-order valence-electron chi connectivity index (χ2n) is 8.37. The first-order valence-electron chi connectivity index (χ1n) is 11.9. The summed E-state index contributed by atoms with van der Waals surface area (Å²) in [6.07, 6.45) is 2.53. The first kappa shape index (κ1) is 27.4. The number of hydrogen-bond acceptors (Lipinski definition) is 10. The van der Waals surface area contributed by atoms with Crippen LogP contribution in [0, 0.1) is 21.4 Å². The lowest BCUT2D eigenvalue weighted by molar-refractivity contribution is -0.757. The third kappa shape index (κ3) is 6.53. The van der Waals surface area contributed by atoms with Crippen molar-refractivity contribution in [1.29, 1.82) is 5.41 Å². The second-order valence-corrected chi connectivity index (χ2v) is 9.85. The standard InChI is InChI=1S/C23H32N6O6S/c1-4-7-18(24)20-21(25-3)23(30)27-22(26-20)17-12-16(9-10-19(17)34-5-2)36(33)28-13-15(14-28)8-6-11-35-29(31)32/h9-10,12,15,24-25H,4-8,11,13-14H2,1-3H3,(H,26,27,30). The molecule has 13 heteroatoms. The first-order valence-corrected chi connectivity index (χ1v) is 13.0. The monoisotopic (exact) mass is 520 g/mol. The van der Waals surface area contributed by atoms with Crippen LogP contribution in [0.15, 0.2) is 27.9 Å². The van der Waals surface area contributed by atoms with E-state index in [1.54, 1.807) is 25.2 Å². The Hall–Kier alpha value is -3.16. The molecular formula is C23H32N6O6S. The Morgan fingerprint density at radius 1 is 1.39 bits per heavy atom. The van der Waals surface area contributed by atoms with Gasteiger partial charge in [0.25, 0.3) is 10.6 Å². The molecule has 0 radical (unpaired) electrons. The van der Waals surface area contributed by atoms with Gasteiger partial charge in [0.05, 0.1) is 35.9 Å². The minimum Gasteiger partial charge on any atom is -0.593 e. The van der Waals surface area contributed by atoms with Crippen LogP contribution in [0.1, 0.15) is 45.2 Å². The lowest BCUT2D eigenvalue weighted by Crippen LogP contribution is -2.49. The van der Waals surface area contributed by atoms with Crippen molar-refractivity contribution < 1.29 is 19.2 Å². The third-order valence-electron chi connectivity index (χ3n) is 5.77. The van der Waals surface area contributed by atoms with Gasteiger partial charge in [0.2, 0.25) is 0 Å². The van der Waals surface area contributed by atoms with Crippen molar-refractivity contribution >= 4 is 22.8 Å². The summed E-state index contributed by atoms with van der Waals surface area (Å²) in [7, 11) is 1.61. The Labute approximate surface area is 212 Å². The van der Waals surface area contributed by atoms with Gasteiger partial charge in [-0.15, -0.1) is 14.4 Å². The molecule has 1 aromatic carbocycles. The Balaban J connectivity index is 1.83. The van der Waals surface area contributed by atoms with E-state index >= 15 is 0 Å². The minimum atomic E-state index is -1.44. The molecule has 3 rings (SSSR count). The van der Waals surface area contributed by atoms with Gasteiger partial charge >= 0.3 is 0 Å². The lowest BCUT2D eigenvalue weighted by Gasteiger charge is -2.38. The van der Waals surface area contributed by atoms with Crippen molar-refractivity contribution in [2.24, 2.45) is 5.92 Å². The fourth-order valence-corrected chi connectivity index (χ4v) is 5.40. The Bertz CT molecular complexity index is 1140. The highest BCUT2D eigenvalue weighted by molar-refractivity contribution is 7.89. The van der Waals surface area contributed by atoms with E-state index in [1.165, 1.54) is 0 Å². The van der Waals surface area contributed by atoms with E-state index in [-0.39, 0.29) is 29.5 Å². The third-order valence-corrected chi connectivity index (χ3v) is 7.20. The van der Waals surface area contributed by atoms with Crippen LogP contribution >= 0.6 is 0 Å². The Morgan fingerprint density at radius 3 is 2.78 bits per heavy atom. The smallest absolute Gasteiger partial charge is 0.294 e. The van der Waals surface area contributed by atoms with Crippen molar-refractivity contribution in [3.8, 4) is 17.1 Å². The normalized spacial score (nSPS) is 14.7. The quantitative estimate of drug-likeness (QED) is 0.111. The molecule has 3 N–H and O–H groups in total. The second kappa shape index (κ2) is 12.7. The lowest BCUT2D eigenvalue weighted by atomic mass is 9.98. The zero-order valence-corrected chi connectivity index (χ0v) is 21.5. The first-order chi connectivity index (χ1) is 17.3. The van der Waals surface area contributed by atoms with E-state index in [0.29, 0.717) is 54.7 Å². The SMILES string of the molecule is CCCC(=N)c1nc(-c2cc([S+]([O-])N3CC(CCCO[N+](=O)[O-])C3)ccc2OCC)[nH]c(=O)c1NC. The molecule has 1 aliphatic rings.